The zero-order valence-electron chi connectivity index (χ0n) is 66.3. The summed E-state index contributed by atoms with van der Waals surface area (Å²) in [5.41, 5.74) is 0. The molecule has 0 radical (unpaired) electrons. The first-order valence-electron chi connectivity index (χ1n) is 37.2. The van der Waals surface area contributed by atoms with Crippen LogP contribution in [0.15, 0.2) is 0 Å². The first-order valence-corrected chi connectivity index (χ1v) is 71.6. The highest BCUT2D eigenvalue weighted by Crippen LogP contribution is 2.39. The predicted molar refractivity (Wildman–Crippen MR) is 418 cm³/mol. The molecule has 2 saturated heterocycles. The van der Waals surface area contributed by atoms with Crippen LogP contribution in [0.5, 0.6) is 0 Å². The van der Waals surface area contributed by atoms with Gasteiger partial charge in [0.1, 0.15) is 5.78 Å². The first-order chi connectivity index (χ1) is 45.6. The summed E-state index contributed by atoms with van der Waals surface area (Å²) >= 11 is 0. The van der Waals surface area contributed by atoms with Gasteiger partial charge in [0, 0.05) is 12.8 Å². The van der Waals surface area contributed by atoms with Crippen molar-refractivity contribution in [3.05, 3.63) is 0 Å². The molecular formula is C65H136O23Si12. The van der Waals surface area contributed by atoms with Crippen molar-refractivity contribution in [2.24, 2.45) is 23.7 Å². The van der Waals surface area contributed by atoms with Crippen LogP contribution in [0.1, 0.15) is 155 Å². The Labute approximate surface area is 614 Å². The number of cyclic esters (lactones) is 4. The van der Waals surface area contributed by atoms with Crippen LogP contribution in [0.25, 0.3) is 0 Å². The van der Waals surface area contributed by atoms with Gasteiger partial charge in [0.05, 0.1) is 49.5 Å². The minimum Gasteiger partial charge on any atom is -0.481 e. The van der Waals surface area contributed by atoms with Gasteiger partial charge in [-0.3, -0.25) is 38.4 Å². The SMILES string of the molecule is CCCCCC[Si](C)(O[Si](C)(C)C)O[Si](C)(CCC1CC(=O)OC1=O)O[Si](C)(C)O[Si](C)(CCC(CC(=O)CCCCCCCOC(=O)CC(CC[Si](C)(O[Si](C)(C)C)O[Si](C)(C)O[Si](C)(CCC1CC(=O)OC1=O)O[Si](C)(CCCCCC)O[Si](C)(C)C)C(=O)O)C(=O)O)O[Si](C)(C)C. The highest BCUT2D eigenvalue weighted by molar-refractivity contribution is 6.93. The van der Waals surface area contributed by atoms with E-state index in [4.69, 9.17) is 55.4 Å². The number of ketones is 1. The third kappa shape index (κ3) is 40.5. The summed E-state index contributed by atoms with van der Waals surface area (Å²) in [5.74, 6) is -8.33. The van der Waals surface area contributed by atoms with Gasteiger partial charge < -0.3 is 65.6 Å². The van der Waals surface area contributed by atoms with Crippen LogP contribution in [0.3, 0.4) is 0 Å². The molecule has 2 fully saturated rings. The number of carbonyl (C=O) groups excluding carboxylic acids is 6. The van der Waals surface area contributed by atoms with Crippen molar-refractivity contribution in [1.82, 2.24) is 0 Å². The molecule has 0 aliphatic carbocycles. The summed E-state index contributed by atoms with van der Waals surface area (Å²) in [4.78, 5) is 102. The molecule has 0 aromatic carbocycles. The van der Waals surface area contributed by atoms with Crippen LogP contribution >= 0.6 is 0 Å². The monoisotopic (exact) mass is 1620 g/mol. The Kier molecular flexibility index (Phi) is 39.0. The minimum atomic E-state index is -3.28. The molecule has 0 amide bonds. The number of rotatable bonds is 56. The van der Waals surface area contributed by atoms with Crippen LogP contribution in [-0.4, -0.2) is 166 Å². The lowest BCUT2D eigenvalue weighted by molar-refractivity contribution is -0.154. The predicted octanol–water partition coefficient (Wildman–Crippen LogP) is 16.9. The van der Waals surface area contributed by atoms with Gasteiger partial charge in [-0.05, 0) is 219 Å². The quantitative estimate of drug-likeness (QED) is 0.0188. The Morgan fingerprint density at radius 1 is 0.390 bits per heavy atom. The molecule has 2 aliphatic rings. The maximum Gasteiger partial charge on any atom is 0.317 e. The Balaban J connectivity index is 2.11. The number of Topliss-reactive ketones (excluding diaryl/α,β-unsaturated/α-hetero) is 1. The molecule has 0 aromatic rings. The number of hydrogen-bond donors (Lipinski definition) is 2. The van der Waals surface area contributed by atoms with Crippen molar-refractivity contribution in [1.29, 1.82) is 0 Å². The van der Waals surface area contributed by atoms with E-state index in [1.165, 1.54) is 0 Å². The number of hydrogen-bond acceptors (Lipinski definition) is 21. The third-order valence-corrected chi connectivity index (χ3v) is 62.6. The summed E-state index contributed by atoms with van der Waals surface area (Å²) < 4.78 is 86.4. The molecule has 100 heavy (non-hydrogen) atoms. The van der Waals surface area contributed by atoms with Crippen LogP contribution in [0, 0.1) is 23.7 Å². The van der Waals surface area contributed by atoms with E-state index in [-0.39, 0.29) is 63.4 Å². The molecule has 2 heterocycles. The van der Waals surface area contributed by atoms with Gasteiger partial charge >= 0.3 is 110 Å². The number of esters is 5. The van der Waals surface area contributed by atoms with E-state index in [1.807, 2.05) is 52.4 Å². The van der Waals surface area contributed by atoms with Gasteiger partial charge in [0.2, 0.25) is 0 Å². The van der Waals surface area contributed by atoms with Gasteiger partial charge in [-0.15, -0.1) is 0 Å². The van der Waals surface area contributed by atoms with Gasteiger partial charge in [-0.25, -0.2) is 0 Å². The Morgan fingerprint density at radius 3 is 1.02 bits per heavy atom. The molecule has 0 bridgehead atoms. The zero-order chi connectivity index (χ0) is 76.6. The van der Waals surface area contributed by atoms with Crippen LogP contribution in [-0.2, 0) is 93.7 Å². The summed E-state index contributed by atoms with van der Waals surface area (Å²) in [5, 5.41) is 21.0. The van der Waals surface area contributed by atoms with Gasteiger partial charge in [0.25, 0.3) is 0 Å². The highest BCUT2D eigenvalue weighted by atomic mass is 28.5. The Bertz CT molecular complexity index is 2460. The molecule has 0 saturated carbocycles. The summed E-state index contributed by atoms with van der Waals surface area (Å²) in [6.45, 7) is 49.6. The van der Waals surface area contributed by atoms with Crippen molar-refractivity contribution in [2.75, 3.05) is 6.61 Å². The Hall–Kier alpha value is -1.44. The molecule has 2 rings (SSSR count). The minimum absolute atomic E-state index is 0.00288. The van der Waals surface area contributed by atoms with E-state index in [0.717, 1.165) is 69.9 Å². The van der Waals surface area contributed by atoms with Crippen molar-refractivity contribution in [3.8, 4) is 0 Å². The Morgan fingerprint density at radius 2 is 0.700 bits per heavy atom. The van der Waals surface area contributed by atoms with E-state index < -0.39 is 167 Å². The van der Waals surface area contributed by atoms with E-state index in [2.05, 4.69) is 106 Å². The van der Waals surface area contributed by atoms with E-state index in [0.29, 0.717) is 56.7 Å². The molecular weight excluding hydrogens is 1490 g/mol. The van der Waals surface area contributed by atoms with Gasteiger partial charge in [-0.1, -0.05) is 84.5 Å². The normalized spacial score (nSPS) is 20.3. The van der Waals surface area contributed by atoms with Crippen LogP contribution in [0.4, 0.5) is 0 Å². The average molecular weight is 1620 g/mol. The topological polar surface area (TPSA) is 297 Å². The van der Waals surface area contributed by atoms with E-state index in [1.54, 1.807) is 0 Å². The largest absolute Gasteiger partial charge is 0.481 e. The maximum absolute atomic E-state index is 13.5. The first kappa shape index (κ1) is 94.6. The van der Waals surface area contributed by atoms with Gasteiger partial charge in [-0.2, -0.15) is 0 Å². The third-order valence-electron chi connectivity index (χ3n) is 16.9. The second kappa shape index (κ2) is 41.2. The van der Waals surface area contributed by atoms with Crippen LogP contribution < -0.4 is 0 Å². The van der Waals surface area contributed by atoms with Crippen LogP contribution in [0.2, 0.25) is 180 Å². The molecule has 35 heteroatoms. The fraction of sp³-hybridized carbons (Fsp3) is 0.877. The molecule has 0 aromatic heterocycles. The highest BCUT2D eigenvalue weighted by Gasteiger charge is 2.54. The lowest BCUT2D eigenvalue weighted by Crippen LogP contribution is -2.62. The second-order valence-corrected chi connectivity index (χ2v) is 81.3. The zero-order valence-corrected chi connectivity index (χ0v) is 78.3. The lowest BCUT2D eigenvalue weighted by Gasteiger charge is -2.46. The summed E-state index contributed by atoms with van der Waals surface area (Å²) in [7, 11) is -34.1. The number of unbranched alkanes of at least 4 members (excludes halogenated alkanes) is 10. The molecule has 10 atom stereocenters. The molecule has 10 unspecified atom stereocenters. The molecule has 23 nitrogen and oxygen atoms in total. The number of carboxylic acids is 2. The molecule has 2 N–H and O–H groups in total. The lowest BCUT2D eigenvalue weighted by atomic mass is 9.97. The second-order valence-electron chi connectivity index (χ2n) is 34.0. The van der Waals surface area contributed by atoms with Crippen molar-refractivity contribution >= 4 is 149 Å². The molecule has 2 aliphatic heterocycles. The number of ether oxygens (including phenoxy) is 3. The summed E-state index contributed by atoms with van der Waals surface area (Å²) in [6, 6.07) is 2.92. The molecule has 582 valence electrons. The number of carboxylic acid groups (broad SMARTS) is 2. The smallest absolute Gasteiger partial charge is 0.317 e. The van der Waals surface area contributed by atoms with E-state index >= 15 is 0 Å². The van der Waals surface area contributed by atoms with Crippen molar-refractivity contribution in [2.45, 2.75) is 335 Å². The fourth-order valence-corrected chi connectivity index (χ4v) is 72.9. The van der Waals surface area contributed by atoms with Gasteiger partial charge in [0.15, 0.2) is 33.3 Å². The van der Waals surface area contributed by atoms with Crippen molar-refractivity contribution < 1.29 is 104 Å². The summed E-state index contributed by atoms with van der Waals surface area (Å²) in [6.07, 6.45) is 12.3. The maximum atomic E-state index is 13.5. The number of aliphatic carboxylic acids is 2. The average Bonchev–Trinajstić information content (AvgIpc) is 0.852. The molecule has 0 spiro atoms. The van der Waals surface area contributed by atoms with Crippen molar-refractivity contribution in [3.63, 3.8) is 0 Å². The van der Waals surface area contributed by atoms with E-state index in [9.17, 15) is 48.6 Å². The number of carbonyl (C=O) groups is 8. The fourth-order valence-electron chi connectivity index (χ4n) is 13.7. The standard InChI is InChI=1S/C65H136O23Si12/c1-25-27-29-36-44-95(19,79-89(3,4)5)87-99(23,48-41-56-52-60(68)77-64(56)74)85-93(15,16)83-97(21,81-91(9,10)11)46-39-54(62(70)71)50-58(66)38-34-32-31-33-35-43-76-59(67)51-55(63(72)73)40-47-98(22,82-92(12,13)14)84-94(17,18)86-100(24,49-42-57-53-61(69)78-65(57)75)88-96(20,80-90(6,7)8)45-37-30-28-26-2/h54-57H,25-53H2,1-24H3,(H,70,71)(H,72,73).